The molecule has 0 saturated carbocycles. The highest BCUT2D eigenvalue weighted by atomic mass is 127. The fraction of sp³-hybridized carbons (Fsp3) is 0.357. The maximum absolute atomic E-state index is 11.1. The van der Waals surface area contributed by atoms with Crippen molar-refractivity contribution in [2.45, 2.75) is 39.5 Å². The number of hydrogen-bond donors (Lipinski definition) is 0. The van der Waals surface area contributed by atoms with Crippen LogP contribution in [0.1, 0.15) is 45.1 Å². The summed E-state index contributed by atoms with van der Waals surface area (Å²) in [6.07, 6.45) is 7.87. The van der Waals surface area contributed by atoms with Gasteiger partial charge in [0.2, 0.25) is 0 Å². The van der Waals surface area contributed by atoms with Crippen LogP contribution in [0.4, 0.5) is 0 Å². The minimum Gasteiger partial charge on any atom is -0.496 e. The van der Waals surface area contributed by atoms with Crippen LogP contribution in [0.15, 0.2) is 67.3 Å². The Morgan fingerprint density at radius 2 is 1.34 bits per heavy atom. The van der Waals surface area contributed by atoms with Crippen molar-refractivity contribution < 1.29 is 28.5 Å². The molecule has 0 spiro atoms. The van der Waals surface area contributed by atoms with Crippen LogP contribution in [0, 0.1) is 3.57 Å². The van der Waals surface area contributed by atoms with E-state index in [4.69, 9.17) is 14.2 Å². The average molecular weight is 597 g/mol. The Hall–Kier alpha value is -2.81. The zero-order valence-corrected chi connectivity index (χ0v) is 23.3. The summed E-state index contributed by atoms with van der Waals surface area (Å²) in [5.74, 6) is 1.48. The van der Waals surface area contributed by atoms with E-state index < -0.39 is 0 Å². The SMILES string of the molecule is C=CCCC(=O)OCC.CCOC(=O)CC/C=C/c1ccccc1OC.COc1ccccc1I. The molecule has 35 heavy (non-hydrogen) atoms. The van der Waals surface area contributed by atoms with Gasteiger partial charge in [-0.2, -0.15) is 0 Å². The highest BCUT2D eigenvalue weighted by Gasteiger charge is 2.00. The van der Waals surface area contributed by atoms with Crippen molar-refractivity contribution in [1.29, 1.82) is 0 Å². The molecule has 0 amide bonds. The van der Waals surface area contributed by atoms with E-state index in [0.717, 1.165) is 20.6 Å². The molecule has 6 nitrogen and oxygen atoms in total. The van der Waals surface area contributed by atoms with Crippen molar-refractivity contribution >= 4 is 40.6 Å². The molecule has 0 aromatic heterocycles. The fourth-order valence-corrected chi connectivity index (χ4v) is 3.12. The van der Waals surface area contributed by atoms with Gasteiger partial charge in [0.25, 0.3) is 0 Å². The number of ether oxygens (including phenoxy) is 4. The molecule has 0 fully saturated rings. The number of carbonyl (C=O) groups is 2. The second-order valence-corrected chi connectivity index (χ2v) is 7.92. The summed E-state index contributed by atoms with van der Waals surface area (Å²) in [6.45, 7) is 8.00. The molecule has 7 heteroatoms. The van der Waals surface area contributed by atoms with Crippen molar-refractivity contribution in [2.75, 3.05) is 27.4 Å². The number of esters is 2. The van der Waals surface area contributed by atoms with Gasteiger partial charge in [0.1, 0.15) is 11.5 Å². The van der Waals surface area contributed by atoms with Gasteiger partial charge in [-0.15, -0.1) is 6.58 Å². The zero-order chi connectivity index (χ0) is 26.3. The summed E-state index contributed by atoms with van der Waals surface area (Å²) in [4.78, 5) is 21.6. The van der Waals surface area contributed by atoms with Crippen LogP contribution in [0.2, 0.25) is 0 Å². The molecule has 0 saturated heterocycles. The molecule has 0 radical (unpaired) electrons. The van der Waals surface area contributed by atoms with Crippen molar-refractivity contribution in [2.24, 2.45) is 0 Å². The van der Waals surface area contributed by atoms with E-state index in [1.54, 1.807) is 27.2 Å². The predicted octanol–water partition coefficient (Wildman–Crippen LogP) is 6.87. The molecule has 0 heterocycles. The Kier molecular flexibility index (Phi) is 20.0. The van der Waals surface area contributed by atoms with E-state index in [9.17, 15) is 9.59 Å². The van der Waals surface area contributed by atoms with Crippen molar-refractivity contribution in [3.8, 4) is 11.5 Å². The Morgan fingerprint density at radius 1 is 0.829 bits per heavy atom. The Bertz CT molecular complexity index is 895. The average Bonchev–Trinajstić information content (AvgIpc) is 2.87. The van der Waals surface area contributed by atoms with Crippen LogP contribution in [-0.2, 0) is 19.1 Å². The normalized spacial score (nSPS) is 9.63. The number of methoxy groups -OCH3 is 2. The molecular formula is C28H37IO6. The molecule has 0 bridgehead atoms. The molecule has 2 rings (SSSR count). The molecule has 0 aliphatic carbocycles. The third-order valence-corrected chi connectivity index (χ3v) is 5.06. The second-order valence-electron chi connectivity index (χ2n) is 6.75. The third-order valence-electron chi connectivity index (χ3n) is 4.17. The first-order valence-corrected chi connectivity index (χ1v) is 12.5. The third kappa shape index (κ3) is 16.5. The predicted molar refractivity (Wildman–Crippen MR) is 150 cm³/mol. The highest BCUT2D eigenvalue weighted by molar-refractivity contribution is 14.1. The highest BCUT2D eigenvalue weighted by Crippen LogP contribution is 2.19. The first-order valence-electron chi connectivity index (χ1n) is 11.4. The molecule has 0 aliphatic rings. The summed E-state index contributed by atoms with van der Waals surface area (Å²) in [5, 5.41) is 0. The fourth-order valence-electron chi connectivity index (χ4n) is 2.51. The van der Waals surface area contributed by atoms with Crippen LogP contribution in [0.3, 0.4) is 0 Å². The first kappa shape index (κ1) is 32.2. The smallest absolute Gasteiger partial charge is 0.306 e. The van der Waals surface area contributed by atoms with Crippen LogP contribution in [0.25, 0.3) is 6.08 Å². The van der Waals surface area contributed by atoms with Gasteiger partial charge in [-0.3, -0.25) is 9.59 Å². The van der Waals surface area contributed by atoms with Crippen molar-refractivity contribution in [3.63, 3.8) is 0 Å². The van der Waals surface area contributed by atoms with E-state index in [1.807, 2.05) is 67.6 Å². The molecule has 2 aromatic rings. The number of benzene rings is 2. The quantitative estimate of drug-likeness (QED) is 0.160. The number of rotatable bonds is 11. The molecular weight excluding hydrogens is 559 g/mol. The molecule has 192 valence electrons. The van der Waals surface area contributed by atoms with Crippen LogP contribution in [-0.4, -0.2) is 39.4 Å². The zero-order valence-electron chi connectivity index (χ0n) is 21.1. The van der Waals surface area contributed by atoms with Gasteiger partial charge in [-0.1, -0.05) is 48.6 Å². The lowest BCUT2D eigenvalue weighted by atomic mass is 10.1. The first-order chi connectivity index (χ1) is 16.9. The summed E-state index contributed by atoms with van der Waals surface area (Å²) in [5.41, 5.74) is 1.01. The topological polar surface area (TPSA) is 71.1 Å². The van der Waals surface area contributed by atoms with E-state index in [0.29, 0.717) is 38.9 Å². The summed E-state index contributed by atoms with van der Waals surface area (Å²) < 4.78 is 20.9. The summed E-state index contributed by atoms with van der Waals surface area (Å²) >= 11 is 2.24. The minimum atomic E-state index is -0.155. The Morgan fingerprint density at radius 3 is 1.83 bits per heavy atom. The van der Waals surface area contributed by atoms with E-state index >= 15 is 0 Å². The molecule has 0 atom stereocenters. The molecule has 2 aromatic carbocycles. The molecule has 0 aliphatic heterocycles. The maximum atomic E-state index is 11.1. The maximum Gasteiger partial charge on any atom is 0.306 e. The standard InChI is InChI=1S/C14H18O3.C7H7IO.C7H12O2/c1-3-17-14(15)11-7-5-9-12-8-4-6-10-13(12)16-2;1-9-7-5-3-2-4-6(7)8;1-3-5-6-7(8)9-4-2/h4-6,8-10H,3,7,11H2,1-2H3;2-5H,1H3;3H,1,4-6H2,2H3/b9-5+;;. The van der Waals surface area contributed by atoms with Gasteiger partial charge in [-0.05, 0) is 67.5 Å². The summed E-state index contributed by atoms with van der Waals surface area (Å²) in [7, 11) is 3.32. The molecule has 0 unspecified atom stereocenters. The number of halogens is 1. The monoisotopic (exact) mass is 596 g/mol. The van der Waals surface area contributed by atoms with Crippen LogP contribution in [0.5, 0.6) is 11.5 Å². The lowest BCUT2D eigenvalue weighted by molar-refractivity contribution is -0.143. The molecule has 0 N–H and O–H groups in total. The number of carbonyl (C=O) groups excluding carboxylic acids is 2. The van der Waals surface area contributed by atoms with Crippen molar-refractivity contribution in [1.82, 2.24) is 0 Å². The number of hydrogen-bond acceptors (Lipinski definition) is 6. The van der Waals surface area contributed by atoms with Crippen molar-refractivity contribution in [3.05, 3.63) is 76.4 Å². The van der Waals surface area contributed by atoms with Gasteiger partial charge in [0.15, 0.2) is 0 Å². The Labute approximate surface area is 223 Å². The largest absolute Gasteiger partial charge is 0.496 e. The van der Waals surface area contributed by atoms with Gasteiger partial charge in [0, 0.05) is 18.4 Å². The van der Waals surface area contributed by atoms with Gasteiger partial charge in [0.05, 0.1) is 31.0 Å². The lowest BCUT2D eigenvalue weighted by Crippen LogP contribution is -2.02. The minimum absolute atomic E-state index is 0.141. The van der Waals surface area contributed by atoms with Crippen LogP contribution >= 0.6 is 22.6 Å². The van der Waals surface area contributed by atoms with E-state index in [2.05, 4.69) is 33.9 Å². The van der Waals surface area contributed by atoms with Gasteiger partial charge < -0.3 is 18.9 Å². The van der Waals surface area contributed by atoms with E-state index in [-0.39, 0.29) is 11.9 Å². The second kappa shape index (κ2) is 21.7. The van der Waals surface area contributed by atoms with Gasteiger partial charge >= 0.3 is 11.9 Å². The number of para-hydroxylation sites is 2. The lowest BCUT2D eigenvalue weighted by Gasteiger charge is -2.03. The summed E-state index contributed by atoms with van der Waals surface area (Å²) in [6, 6.07) is 15.7. The number of allylic oxidation sites excluding steroid dienone is 2. The van der Waals surface area contributed by atoms with E-state index in [1.165, 1.54) is 0 Å². The van der Waals surface area contributed by atoms with Crippen LogP contribution < -0.4 is 9.47 Å². The van der Waals surface area contributed by atoms with Gasteiger partial charge in [-0.25, -0.2) is 0 Å². The Balaban J connectivity index is 0.000000543.